The summed E-state index contributed by atoms with van der Waals surface area (Å²) in [6.07, 6.45) is 3.33. The summed E-state index contributed by atoms with van der Waals surface area (Å²) in [4.78, 5) is 11.5. The molecule has 4 heteroatoms. The van der Waals surface area contributed by atoms with Gasteiger partial charge in [0.15, 0.2) is 6.61 Å². The van der Waals surface area contributed by atoms with Crippen molar-refractivity contribution in [2.45, 2.75) is 33.1 Å². The number of benzene rings is 1. The van der Waals surface area contributed by atoms with Gasteiger partial charge in [-0.15, -0.1) is 0 Å². The number of hydrogen-bond acceptors (Lipinski definition) is 3. The van der Waals surface area contributed by atoms with Crippen LogP contribution in [0.25, 0.3) is 0 Å². The zero-order valence-electron chi connectivity index (χ0n) is 12.2. The summed E-state index contributed by atoms with van der Waals surface area (Å²) in [6.45, 7) is 5.10. The highest BCUT2D eigenvalue weighted by atomic mass is 16.5. The first-order valence-electron chi connectivity index (χ1n) is 7.01. The molecule has 0 saturated carbocycles. The van der Waals surface area contributed by atoms with E-state index in [9.17, 15) is 4.79 Å². The molecule has 0 radical (unpaired) electrons. The van der Waals surface area contributed by atoms with Crippen molar-refractivity contribution in [2.75, 3.05) is 13.2 Å². The van der Waals surface area contributed by atoms with Crippen LogP contribution in [-0.4, -0.2) is 19.1 Å². The highest BCUT2D eigenvalue weighted by Crippen LogP contribution is 2.11. The second-order valence-corrected chi connectivity index (χ2v) is 5.16. The first-order valence-corrected chi connectivity index (χ1v) is 7.01. The van der Waals surface area contributed by atoms with Gasteiger partial charge in [-0.3, -0.25) is 4.79 Å². The molecule has 0 spiro atoms. The van der Waals surface area contributed by atoms with E-state index < -0.39 is 0 Å². The largest absolute Gasteiger partial charge is 0.484 e. The summed E-state index contributed by atoms with van der Waals surface area (Å²) in [6, 6.07) is 8.74. The van der Waals surface area contributed by atoms with Crippen LogP contribution in [-0.2, 0) is 4.79 Å². The number of nitrogens with zero attached hydrogens (tertiary/aromatic N) is 1. The molecule has 0 atom stereocenters. The number of carbonyl (C=O) groups excluding carboxylic acids is 1. The molecule has 0 aliphatic carbocycles. The van der Waals surface area contributed by atoms with Gasteiger partial charge in [-0.25, -0.2) is 0 Å². The fourth-order valence-corrected chi connectivity index (χ4v) is 1.73. The monoisotopic (exact) mass is 274 g/mol. The molecule has 1 aromatic carbocycles. The molecule has 1 N–H and O–H groups in total. The molecule has 0 aromatic heterocycles. The van der Waals surface area contributed by atoms with Gasteiger partial charge in [-0.05, 0) is 36.6 Å². The van der Waals surface area contributed by atoms with Crippen molar-refractivity contribution in [3.63, 3.8) is 0 Å². The molecule has 1 amide bonds. The maximum Gasteiger partial charge on any atom is 0.257 e. The van der Waals surface area contributed by atoms with E-state index in [1.54, 1.807) is 24.3 Å². The Hall–Kier alpha value is -2.02. The van der Waals surface area contributed by atoms with Crippen LogP contribution in [0.1, 0.15) is 38.7 Å². The van der Waals surface area contributed by atoms with E-state index in [-0.39, 0.29) is 12.5 Å². The lowest BCUT2D eigenvalue weighted by atomic mass is 10.1. The van der Waals surface area contributed by atoms with Crippen molar-refractivity contribution in [3.05, 3.63) is 29.8 Å². The molecule has 108 valence electrons. The Kier molecular flexibility index (Phi) is 7.20. The maximum absolute atomic E-state index is 11.5. The fraction of sp³-hybridized carbons (Fsp3) is 0.500. The van der Waals surface area contributed by atoms with Gasteiger partial charge in [0, 0.05) is 6.54 Å². The number of rotatable bonds is 8. The molecule has 0 saturated heterocycles. The van der Waals surface area contributed by atoms with Gasteiger partial charge in [0.2, 0.25) is 0 Å². The van der Waals surface area contributed by atoms with E-state index in [4.69, 9.17) is 10.00 Å². The van der Waals surface area contributed by atoms with Crippen LogP contribution in [0.3, 0.4) is 0 Å². The van der Waals surface area contributed by atoms with Gasteiger partial charge in [0.05, 0.1) is 11.6 Å². The number of nitrogens with one attached hydrogen (secondary N) is 1. The summed E-state index contributed by atoms with van der Waals surface area (Å²) in [5, 5.41) is 11.5. The summed E-state index contributed by atoms with van der Waals surface area (Å²) < 4.78 is 5.34. The summed E-state index contributed by atoms with van der Waals surface area (Å²) in [5.41, 5.74) is 0.576. The van der Waals surface area contributed by atoms with Crippen LogP contribution in [0, 0.1) is 17.2 Å². The van der Waals surface area contributed by atoms with Gasteiger partial charge in [-0.2, -0.15) is 5.26 Å². The second-order valence-electron chi connectivity index (χ2n) is 5.16. The first kappa shape index (κ1) is 16.0. The number of nitriles is 1. The quantitative estimate of drug-likeness (QED) is 0.741. The Morgan fingerprint density at radius 2 is 2.00 bits per heavy atom. The smallest absolute Gasteiger partial charge is 0.257 e. The van der Waals surface area contributed by atoms with Gasteiger partial charge in [0.1, 0.15) is 5.75 Å². The van der Waals surface area contributed by atoms with Gasteiger partial charge in [0.25, 0.3) is 5.91 Å². The predicted octanol–water partition coefficient (Wildman–Crippen LogP) is 2.88. The molecule has 0 aliphatic rings. The average Bonchev–Trinajstić information content (AvgIpc) is 2.45. The Balaban J connectivity index is 2.14. The number of unbranched alkanes of at least 4 members (excludes halogenated alkanes) is 1. The lowest BCUT2D eigenvalue weighted by Crippen LogP contribution is -2.29. The van der Waals surface area contributed by atoms with Crippen molar-refractivity contribution in [1.29, 1.82) is 5.26 Å². The minimum absolute atomic E-state index is 0.0100. The zero-order valence-corrected chi connectivity index (χ0v) is 12.2. The molecule has 0 bridgehead atoms. The van der Waals surface area contributed by atoms with E-state index >= 15 is 0 Å². The second kappa shape index (κ2) is 8.98. The van der Waals surface area contributed by atoms with Crippen molar-refractivity contribution >= 4 is 5.91 Å². The highest BCUT2D eigenvalue weighted by molar-refractivity contribution is 5.77. The SMILES string of the molecule is CC(C)CCCCNC(=O)COc1ccc(C#N)cc1. The fourth-order valence-electron chi connectivity index (χ4n) is 1.73. The standard InChI is InChI=1S/C16H22N2O2/c1-13(2)5-3-4-10-18-16(19)12-20-15-8-6-14(11-17)7-9-15/h6-9,13H,3-5,10,12H2,1-2H3,(H,18,19). The molecule has 0 unspecified atom stereocenters. The third kappa shape index (κ3) is 6.79. The van der Waals surface area contributed by atoms with Crippen LogP contribution in [0.15, 0.2) is 24.3 Å². The minimum Gasteiger partial charge on any atom is -0.484 e. The Morgan fingerprint density at radius 1 is 1.30 bits per heavy atom. The molecule has 0 aliphatic heterocycles. The van der Waals surface area contributed by atoms with E-state index in [1.807, 2.05) is 6.07 Å². The molecule has 1 rings (SSSR count). The number of carbonyl (C=O) groups is 1. The van der Waals surface area contributed by atoms with Crippen LogP contribution in [0.2, 0.25) is 0 Å². The van der Waals surface area contributed by atoms with Crippen LogP contribution in [0.4, 0.5) is 0 Å². The summed E-state index contributed by atoms with van der Waals surface area (Å²) in [7, 11) is 0. The molecule has 0 fully saturated rings. The van der Waals surface area contributed by atoms with E-state index in [0.29, 0.717) is 23.8 Å². The van der Waals surface area contributed by atoms with Crippen molar-refractivity contribution in [3.8, 4) is 11.8 Å². The topological polar surface area (TPSA) is 62.1 Å². The normalized spacial score (nSPS) is 10.1. The van der Waals surface area contributed by atoms with Gasteiger partial charge in [-0.1, -0.05) is 26.7 Å². The lowest BCUT2D eigenvalue weighted by molar-refractivity contribution is -0.123. The Labute approximate surface area is 120 Å². The van der Waals surface area contributed by atoms with Crippen LogP contribution in [0.5, 0.6) is 5.75 Å². The maximum atomic E-state index is 11.5. The minimum atomic E-state index is -0.112. The van der Waals surface area contributed by atoms with E-state index in [2.05, 4.69) is 19.2 Å². The molecule has 4 nitrogen and oxygen atoms in total. The van der Waals surface area contributed by atoms with Crippen molar-refractivity contribution in [2.24, 2.45) is 5.92 Å². The van der Waals surface area contributed by atoms with Gasteiger partial charge >= 0.3 is 0 Å². The highest BCUT2D eigenvalue weighted by Gasteiger charge is 2.02. The van der Waals surface area contributed by atoms with E-state index in [0.717, 1.165) is 12.8 Å². The third-order valence-corrected chi connectivity index (χ3v) is 2.88. The van der Waals surface area contributed by atoms with Crippen molar-refractivity contribution in [1.82, 2.24) is 5.32 Å². The molecular weight excluding hydrogens is 252 g/mol. The lowest BCUT2D eigenvalue weighted by Gasteiger charge is -2.08. The predicted molar refractivity (Wildman–Crippen MR) is 78.4 cm³/mol. The molecule has 1 aromatic rings. The van der Waals surface area contributed by atoms with E-state index in [1.165, 1.54) is 6.42 Å². The third-order valence-electron chi connectivity index (χ3n) is 2.88. The Morgan fingerprint density at radius 3 is 2.60 bits per heavy atom. The molecule has 0 heterocycles. The summed E-state index contributed by atoms with van der Waals surface area (Å²) >= 11 is 0. The first-order chi connectivity index (χ1) is 9.61. The number of hydrogen-bond donors (Lipinski definition) is 1. The zero-order chi connectivity index (χ0) is 14.8. The average molecular weight is 274 g/mol. The number of amides is 1. The molecule has 20 heavy (non-hydrogen) atoms. The van der Waals surface area contributed by atoms with Crippen LogP contribution >= 0.6 is 0 Å². The molecular formula is C16H22N2O2. The number of ether oxygens (including phenoxy) is 1. The Bertz CT molecular complexity index is 447. The van der Waals surface area contributed by atoms with Crippen molar-refractivity contribution < 1.29 is 9.53 Å². The summed E-state index contributed by atoms with van der Waals surface area (Å²) in [5.74, 6) is 1.20. The van der Waals surface area contributed by atoms with Crippen LogP contribution < -0.4 is 10.1 Å². The van der Waals surface area contributed by atoms with Gasteiger partial charge < -0.3 is 10.1 Å².